The quantitative estimate of drug-likeness (QED) is 0.799. The van der Waals surface area contributed by atoms with Crippen molar-refractivity contribution in [3.05, 3.63) is 35.4 Å². The molecule has 0 bridgehead atoms. The van der Waals surface area contributed by atoms with Crippen LogP contribution >= 0.6 is 0 Å². The Bertz CT molecular complexity index is 441. The average Bonchev–Trinajstić information content (AvgIpc) is 2.28. The van der Waals surface area contributed by atoms with Crippen LogP contribution in [0.2, 0.25) is 0 Å². The van der Waals surface area contributed by atoms with E-state index in [0.717, 1.165) is 7.11 Å². The molecule has 0 fully saturated rings. The Morgan fingerprint density at radius 2 is 1.69 bits per heavy atom. The predicted octanol–water partition coefficient (Wildman–Crippen LogP) is 0.754. The van der Waals surface area contributed by atoms with Crippen LogP contribution < -0.4 is 5.32 Å². The number of imide groups is 1. The molecule has 0 saturated heterocycles. The molecular weight excluding hydrogens is 214 g/mol. The summed E-state index contributed by atoms with van der Waals surface area (Å²) in [6.07, 6.45) is -0.960. The van der Waals surface area contributed by atoms with E-state index in [1.54, 1.807) is 0 Å². The summed E-state index contributed by atoms with van der Waals surface area (Å²) in [5, 5.41) is 12.5. The van der Waals surface area contributed by atoms with Gasteiger partial charge in [0.2, 0.25) is 0 Å². The summed E-state index contributed by atoms with van der Waals surface area (Å²) in [5.41, 5.74) is -0.447. The van der Waals surface area contributed by atoms with Crippen LogP contribution in [-0.4, -0.2) is 25.1 Å². The summed E-state index contributed by atoms with van der Waals surface area (Å²) >= 11 is 0. The molecule has 0 heterocycles. The minimum absolute atomic E-state index is 0.159. The topological polar surface area (TPSA) is 92.4 Å². The molecule has 83 valence electrons. The fourth-order valence-electron chi connectivity index (χ4n) is 1.07. The van der Waals surface area contributed by atoms with E-state index in [-0.39, 0.29) is 11.1 Å². The second-order valence-corrected chi connectivity index (χ2v) is 2.78. The smallest absolute Gasteiger partial charge is 0.413 e. The lowest BCUT2D eigenvalue weighted by molar-refractivity contribution is 0.0568. The second kappa shape index (κ2) is 4.92. The highest BCUT2D eigenvalue weighted by atomic mass is 16.5. The standard InChI is InChI=1S/C10H8NO5/c1-16-10(15)11-8(12)6-4-2-3-5-7(6)9(13)14/h2-5H,1H3,(H,11,12,15). The SMILES string of the molecule is COC(=O)NC(=O)c1ccccc1C([O])=O. The first-order chi connectivity index (χ1) is 7.56. The lowest BCUT2D eigenvalue weighted by Crippen LogP contribution is -2.31. The highest BCUT2D eigenvalue weighted by molar-refractivity contribution is 6.09. The van der Waals surface area contributed by atoms with E-state index in [2.05, 4.69) is 4.74 Å². The van der Waals surface area contributed by atoms with Crippen molar-refractivity contribution in [2.24, 2.45) is 0 Å². The van der Waals surface area contributed by atoms with Gasteiger partial charge in [0, 0.05) is 0 Å². The van der Waals surface area contributed by atoms with E-state index in [9.17, 15) is 19.5 Å². The molecule has 1 rings (SSSR count). The first-order valence-electron chi connectivity index (χ1n) is 4.26. The molecule has 0 atom stereocenters. The number of methoxy groups -OCH3 is 1. The molecule has 2 amide bonds. The highest BCUT2D eigenvalue weighted by Crippen LogP contribution is 2.08. The van der Waals surface area contributed by atoms with Gasteiger partial charge in [-0.15, -0.1) is 0 Å². The third-order valence-corrected chi connectivity index (χ3v) is 1.79. The molecule has 0 unspecified atom stereocenters. The summed E-state index contributed by atoms with van der Waals surface area (Å²) in [7, 11) is 1.09. The molecule has 0 aliphatic rings. The number of benzene rings is 1. The van der Waals surface area contributed by atoms with Crippen molar-refractivity contribution in [2.75, 3.05) is 7.11 Å². The van der Waals surface area contributed by atoms with E-state index in [4.69, 9.17) is 0 Å². The molecule has 0 saturated carbocycles. The number of amides is 2. The Morgan fingerprint density at radius 3 is 2.19 bits per heavy atom. The number of nitrogens with one attached hydrogen (secondary N) is 1. The number of hydrogen-bond donors (Lipinski definition) is 1. The lowest BCUT2D eigenvalue weighted by atomic mass is 10.1. The highest BCUT2D eigenvalue weighted by Gasteiger charge is 2.18. The Kier molecular flexibility index (Phi) is 3.60. The minimum Gasteiger partial charge on any atom is -0.453 e. The van der Waals surface area contributed by atoms with Crippen molar-refractivity contribution in [3.63, 3.8) is 0 Å². The van der Waals surface area contributed by atoms with Gasteiger partial charge in [-0.05, 0) is 12.1 Å². The van der Waals surface area contributed by atoms with Crippen LogP contribution in [0.4, 0.5) is 4.79 Å². The maximum Gasteiger partial charge on any atom is 0.413 e. The lowest BCUT2D eigenvalue weighted by Gasteiger charge is -2.04. The van der Waals surface area contributed by atoms with Crippen molar-refractivity contribution in [3.8, 4) is 0 Å². The van der Waals surface area contributed by atoms with E-state index >= 15 is 0 Å². The fourth-order valence-corrected chi connectivity index (χ4v) is 1.07. The normalized spacial score (nSPS) is 9.31. The van der Waals surface area contributed by atoms with Crippen molar-refractivity contribution < 1.29 is 24.2 Å². The second-order valence-electron chi connectivity index (χ2n) is 2.78. The van der Waals surface area contributed by atoms with Crippen LogP contribution in [0.15, 0.2) is 24.3 Å². The van der Waals surface area contributed by atoms with Gasteiger partial charge < -0.3 is 4.74 Å². The first-order valence-corrected chi connectivity index (χ1v) is 4.26. The van der Waals surface area contributed by atoms with Gasteiger partial charge in [-0.2, -0.15) is 0 Å². The molecule has 0 aliphatic heterocycles. The van der Waals surface area contributed by atoms with Crippen molar-refractivity contribution >= 4 is 18.0 Å². The molecule has 0 spiro atoms. The fraction of sp³-hybridized carbons (Fsp3) is 0.100. The number of ether oxygens (including phenoxy) is 1. The van der Waals surface area contributed by atoms with Gasteiger partial charge in [0.25, 0.3) is 5.91 Å². The zero-order valence-electron chi connectivity index (χ0n) is 8.35. The maximum atomic E-state index is 11.4. The summed E-state index contributed by atoms with van der Waals surface area (Å²) < 4.78 is 4.21. The summed E-state index contributed by atoms with van der Waals surface area (Å²) in [4.78, 5) is 32.9. The molecule has 1 aromatic carbocycles. The number of hydrogen-bond acceptors (Lipinski definition) is 4. The molecule has 1 radical (unpaired) electrons. The number of alkyl carbamates (subject to hydrolysis) is 1. The predicted molar refractivity (Wildman–Crippen MR) is 51.3 cm³/mol. The minimum atomic E-state index is -1.49. The van der Waals surface area contributed by atoms with Crippen LogP contribution in [0.5, 0.6) is 0 Å². The first kappa shape index (κ1) is 11.7. The zero-order chi connectivity index (χ0) is 12.1. The molecule has 6 heteroatoms. The van der Waals surface area contributed by atoms with Gasteiger partial charge in [-0.1, -0.05) is 12.1 Å². The Labute approximate surface area is 90.8 Å². The van der Waals surface area contributed by atoms with Crippen molar-refractivity contribution in [1.82, 2.24) is 5.32 Å². The van der Waals surface area contributed by atoms with E-state index < -0.39 is 18.0 Å². The van der Waals surface area contributed by atoms with E-state index in [1.807, 2.05) is 5.32 Å². The van der Waals surface area contributed by atoms with Crippen LogP contribution in [0.3, 0.4) is 0 Å². The maximum absolute atomic E-state index is 11.4. The van der Waals surface area contributed by atoms with Crippen molar-refractivity contribution in [2.45, 2.75) is 0 Å². The third kappa shape index (κ3) is 2.57. The number of carbonyl (C=O) groups is 3. The summed E-state index contributed by atoms with van der Waals surface area (Å²) in [6.45, 7) is 0. The molecule has 0 aromatic heterocycles. The van der Waals surface area contributed by atoms with Gasteiger partial charge in [0.05, 0.1) is 18.2 Å². The van der Waals surface area contributed by atoms with Gasteiger partial charge in [-0.25, -0.2) is 14.7 Å². The molecular formula is C10H8NO5. The number of rotatable bonds is 2. The Morgan fingerprint density at radius 1 is 1.12 bits per heavy atom. The number of carbonyl (C=O) groups excluding carboxylic acids is 3. The monoisotopic (exact) mass is 222 g/mol. The van der Waals surface area contributed by atoms with E-state index in [0.29, 0.717) is 0 Å². The molecule has 0 aliphatic carbocycles. The van der Waals surface area contributed by atoms with Crippen LogP contribution in [0.1, 0.15) is 20.7 Å². The molecule has 6 nitrogen and oxygen atoms in total. The zero-order valence-corrected chi connectivity index (χ0v) is 8.35. The van der Waals surface area contributed by atoms with Gasteiger partial charge in [0.15, 0.2) is 0 Å². The van der Waals surface area contributed by atoms with Crippen LogP contribution in [-0.2, 0) is 9.84 Å². The average molecular weight is 222 g/mol. The van der Waals surface area contributed by atoms with Gasteiger partial charge in [0.1, 0.15) is 0 Å². The van der Waals surface area contributed by atoms with Crippen molar-refractivity contribution in [1.29, 1.82) is 0 Å². The van der Waals surface area contributed by atoms with Gasteiger partial charge in [-0.3, -0.25) is 10.1 Å². The largest absolute Gasteiger partial charge is 0.453 e. The molecule has 1 N–H and O–H groups in total. The van der Waals surface area contributed by atoms with Gasteiger partial charge >= 0.3 is 12.1 Å². The summed E-state index contributed by atoms with van der Waals surface area (Å²) in [5.74, 6) is -2.35. The molecule has 16 heavy (non-hydrogen) atoms. The van der Waals surface area contributed by atoms with E-state index in [1.165, 1.54) is 24.3 Å². The van der Waals surface area contributed by atoms with Crippen LogP contribution in [0.25, 0.3) is 0 Å². The Balaban J connectivity index is 2.99. The van der Waals surface area contributed by atoms with Crippen LogP contribution in [0, 0.1) is 0 Å². The summed E-state index contributed by atoms with van der Waals surface area (Å²) in [6, 6.07) is 5.39. The Hall–Kier alpha value is -2.37. The molecule has 1 aromatic rings. The third-order valence-electron chi connectivity index (χ3n) is 1.79.